The number of rotatable bonds is 6. The number of halogens is 2. The zero-order valence-corrected chi connectivity index (χ0v) is 19.6. The quantitative estimate of drug-likeness (QED) is 0.506. The predicted octanol–water partition coefficient (Wildman–Crippen LogP) is 5.46. The van der Waals surface area contributed by atoms with E-state index in [-0.39, 0.29) is 18.4 Å². The van der Waals surface area contributed by atoms with E-state index in [9.17, 15) is 14.0 Å². The Balaban J connectivity index is 1.83. The lowest BCUT2D eigenvalue weighted by Gasteiger charge is -2.31. The summed E-state index contributed by atoms with van der Waals surface area (Å²) in [4.78, 5) is 28.0. The number of anilines is 1. The minimum absolute atomic E-state index is 0.204. The van der Waals surface area contributed by atoms with Crippen molar-refractivity contribution in [1.29, 1.82) is 0 Å². The van der Waals surface area contributed by atoms with Crippen molar-refractivity contribution in [3.05, 3.63) is 88.2 Å². The van der Waals surface area contributed by atoms with Crippen LogP contribution in [-0.2, 0) is 4.79 Å². The Bertz CT molecular complexity index is 1220. The third-order valence-electron chi connectivity index (χ3n) is 5.44. The second-order valence-electron chi connectivity index (χ2n) is 7.69. The van der Waals surface area contributed by atoms with E-state index in [1.54, 1.807) is 48.5 Å². The van der Waals surface area contributed by atoms with Gasteiger partial charge in [-0.25, -0.2) is 4.39 Å². The molecule has 3 aromatic carbocycles. The highest BCUT2D eigenvalue weighted by Crippen LogP contribution is 2.39. The fourth-order valence-electron chi connectivity index (χ4n) is 4.02. The summed E-state index contributed by atoms with van der Waals surface area (Å²) in [5.74, 6) is -0.166. The lowest BCUT2D eigenvalue weighted by atomic mass is 9.95. The van der Waals surface area contributed by atoms with Crippen LogP contribution in [0.4, 0.5) is 10.1 Å². The van der Waals surface area contributed by atoms with Crippen LogP contribution >= 0.6 is 11.6 Å². The Hall–Kier alpha value is -3.58. The fourth-order valence-corrected chi connectivity index (χ4v) is 4.20. The van der Waals surface area contributed by atoms with Gasteiger partial charge in [-0.1, -0.05) is 23.7 Å². The normalized spacial score (nSPS) is 15.2. The highest BCUT2D eigenvalue weighted by Gasteiger charge is 2.34. The Kier molecular flexibility index (Phi) is 7.03. The highest BCUT2D eigenvalue weighted by atomic mass is 35.5. The maximum absolute atomic E-state index is 13.8. The molecule has 1 heterocycles. The van der Waals surface area contributed by atoms with Gasteiger partial charge in [-0.05, 0) is 67.9 Å². The molecule has 0 bridgehead atoms. The molecule has 34 heavy (non-hydrogen) atoms. The van der Waals surface area contributed by atoms with Gasteiger partial charge in [0.2, 0.25) is 5.91 Å². The standard InChI is InChI=1S/C26H24ClFN2O4/c1-3-33-22-12-7-17(13-23(22)34-4-2)26(32)30-15-24(31)29-21-11-8-18(27)14-20(21)25(30)16-5-9-19(28)10-6-16/h5-14,25H,3-4,15H2,1-2H3,(H,29,31)/t25-/m0/s1. The van der Waals surface area contributed by atoms with Crippen LogP contribution in [0.3, 0.4) is 0 Å². The number of hydrogen-bond donors (Lipinski definition) is 1. The zero-order chi connectivity index (χ0) is 24.2. The summed E-state index contributed by atoms with van der Waals surface area (Å²) in [6.45, 7) is 4.34. The molecule has 0 radical (unpaired) electrons. The third-order valence-corrected chi connectivity index (χ3v) is 5.68. The molecular weight excluding hydrogens is 459 g/mol. The molecule has 176 valence electrons. The first kappa shape index (κ1) is 23.6. The summed E-state index contributed by atoms with van der Waals surface area (Å²) in [5, 5.41) is 3.30. The van der Waals surface area contributed by atoms with E-state index in [4.69, 9.17) is 21.1 Å². The van der Waals surface area contributed by atoms with Crippen LogP contribution in [0.2, 0.25) is 5.02 Å². The Morgan fingerprint density at radius 3 is 2.44 bits per heavy atom. The van der Waals surface area contributed by atoms with Gasteiger partial charge < -0.3 is 19.7 Å². The zero-order valence-electron chi connectivity index (χ0n) is 18.8. The number of fused-ring (bicyclic) bond motifs is 1. The van der Waals surface area contributed by atoms with Crippen molar-refractivity contribution in [3.63, 3.8) is 0 Å². The van der Waals surface area contributed by atoms with Crippen molar-refractivity contribution in [2.75, 3.05) is 25.1 Å². The second kappa shape index (κ2) is 10.1. The van der Waals surface area contributed by atoms with Gasteiger partial charge in [0.15, 0.2) is 11.5 Å². The first-order chi connectivity index (χ1) is 16.4. The summed E-state index contributed by atoms with van der Waals surface area (Å²) < 4.78 is 25.0. The van der Waals surface area contributed by atoms with Crippen LogP contribution in [0.5, 0.6) is 11.5 Å². The molecule has 3 aromatic rings. The van der Waals surface area contributed by atoms with E-state index in [0.717, 1.165) is 0 Å². The summed E-state index contributed by atoms with van der Waals surface area (Å²) in [5.41, 5.74) is 2.15. The summed E-state index contributed by atoms with van der Waals surface area (Å²) in [6, 6.07) is 15.2. The first-order valence-electron chi connectivity index (χ1n) is 11.0. The monoisotopic (exact) mass is 482 g/mol. The van der Waals surface area contributed by atoms with Crippen molar-refractivity contribution in [2.45, 2.75) is 19.9 Å². The second-order valence-corrected chi connectivity index (χ2v) is 8.13. The number of amides is 2. The van der Waals surface area contributed by atoms with Gasteiger partial charge in [0.25, 0.3) is 5.91 Å². The molecule has 0 aliphatic carbocycles. The number of carbonyl (C=O) groups excluding carboxylic acids is 2. The van der Waals surface area contributed by atoms with Crippen molar-refractivity contribution >= 4 is 29.1 Å². The van der Waals surface area contributed by atoms with Gasteiger partial charge in [0.05, 0.1) is 19.3 Å². The average Bonchev–Trinajstić information content (AvgIpc) is 2.96. The maximum Gasteiger partial charge on any atom is 0.255 e. The smallest absolute Gasteiger partial charge is 0.255 e. The van der Waals surface area contributed by atoms with Crippen molar-refractivity contribution < 1.29 is 23.5 Å². The summed E-state index contributed by atoms with van der Waals surface area (Å²) in [7, 11) is 0. The minimum atomic E-state index is -0.678. The van der Waals surface area contributed by atoms with E-state index in [1.165, 1.54) is 17.0 Å². The number of nitrogens with zero attached hydrogens (tertiary/aromatic N) is 1. The largest absolute Gasteiger partial charge is 0.490 e. The molecule has 1 atom stereocenters. The SMILES string of the molecule is CCOc1ccc(C(=O)N2CC(=O)Nc3ccc(Cl)cc3[C@@H]2c2ccc(F)cc2)cc1OCC. The number of carbonyl (C=O) groups is 2. The van der Waals surface area contributed by atoms with Crippen LogP contribution in [-0.4, -0.2) is 36.5 Å². The van der Waals surface area contributed by atoms with Gasteiger partial charge >= 0.3 is 0 Å². The van der Waals surface area contributed by atoms with Crippen LogP contribution in [0, 0.1) is 5.82 Å². The molecule has 2 amide bonds. The van der Waals surface area contributed by atoms with Gasteiger partial charge in [0.1, 0.15) is 12.4 Å². The van der Waals surface area contributed by atoms with Gasteiger partial charge in [-0.15, -0.1) is 0 Å². The topological polar surface area (TPSA) is 67.9 Å². The van der Waals surface area contributed by atoms with Crippen LogP contribution in [0.1, 0.15) is 41.4 Å². The molecule has 1 N–H and O–H groups in total. The molecule has 1 aliphatic rings. The molecule has 0 saturated heterocycles. The van der Waals surface area contributed by atoms with Gasteiger partial charge in [0, 0.05) is 21.8 Å². The van der Waals surface area contributed by atoms with Crippen LogP contribution < -0.4 is 14.8 Å². The Morgan fingerprint density at radius 2 is 1.74 bits per heavy atom. The van der Waals surface area contributed by atoms with Crippen molar-refractivity contribution in [3.8, 4) is 11.5 Å². The van der Waals surface area contributed by atoms with Gasteiger partial charge in [-0.2, -0.15) is 0 Å². The molecule has 0 saturated carbocycles. The molecule has 0 fully saturated rings. The molecule has 0 spiro atoms. The molecule has 0 aromatic heterocycles. The number of nitrogens with one attached hydrogen (secondary N) is 1. The van der Waals surface area contributed by atoms with Crippen molar-refractivity contribution in [1.82, 2.24) is 4.90 Å². The molecule has 8 heteroatoms. The Morgan fingerprint density at radius 1 is 1.03 bits per heavy atom. The van der Waals surface area contributed by atoms with Crippen LogP contribution in [0.15, 0.2) is 60.7 Å². The molecule has 4 rings (SSSR count). The van der Waals surface area contributed by atoms with Crippen molar-refractivity contribution in [2.24, 2.45) is 0 Å². The van der Waals surface area contributed by atoms with Gasteiger partial charge in [-0.3, -0.25) is 9.59 Å². The van der Waals surface area contributed by atoms with E-state index < -0.39 is 11.9 Å². The Labute approximate surface area is 202 Å². The molecule has 1 aliphatic heterocycles. The fraction of sp³-hybridized carbons (Fsp3) is 0.231. The van der Waals surface area contributed by atoms with E-state index in [1.807, 2.05) is 13.8 Å². The summed E-state index contributed by atoms with van der Waals surface area (Å²) >= 11 is 6.28. The first-order valence-corrected chi connectivity index (χ1v) is 11.3. The molecular formula is C26H24ClFN2O4. The number of hydrogen-bond acceptors (Lipinski definition) is 4. The van der Waals surface area contributed by atoms with E-state index >= 15 is 0 Å². The highest BCUT2D eigenvalue weighted by molar-refractivity contribution is 6.30. The number of ether oxygens (including phenoxy) is 2. The lowest BCUT2D eigenvalue weighted by Crippen LogP contribution is -2.39. The molecule has 6 nitrogen and oxygen atoms in total. The minimum Gasteiger partial charge on any atom is -0.490 e. The lowest BCUT2D eigenvalue weighted by molar-refractivity contribution is -0.117. The predicted molar refractivity (Wildman–Crippen MR) is 128 cm³/mol. The van der Waals surface area contributed by atoms with E-state index in [2.05, 4.69) is 5.32 Å². The number of benzene rings is 3. The van der Waals surface area contributed by atoms with E-state index in [0.29, 0.717) is 52.1 Å². The average molecular weight is 483 g/mol. The maximum atomic E-state index is 13.8. The summed E-state index contributed by atoms with van der Waals surface area (Å²) in [6.07, 6.45) is 0. The third kappa shape index (κ3) is 4.84. The van der Waals surface area contributed by atoms with Crippen LogP contribution in [0.25, 0.3) is 0 Å². The molecule has 0 unspecified atom stereocenters.